The molecule has 1 fully saturated rings. The first-order chi connectivity index (χ1) is 9.97. The van der Waals surface area contributed by atoms with Crippen molar-refractivity contribution in [1.29, 1.82) is 0 Å². The molecule has 1 atom stereocenters. The Bertz CT molecular complexity index is 468. The quantitative estimate of drug-likeness (QED) is 0.818. The third kappa shape index (κ3) is 4.63. The van der Waals surface area contributed by atoms with Crippen LogP contribution in [0.15, 0.2) is 24.3 Å². The van der Waals surface area contributed by atoms with Gasteiger partial charge in [0.1, 0.15) is 12.4 Å². The monoisotopic (exact) mass is 302 g/mol. The number of ether oxygens (including phenoxy) is 1. The van der Waals surface area contributed by atoms with Gasteiger partial charge >= 0.3 is 6.18 Å². The lowest BCUT2D eigenvalue weighted by Gasteiger charge is -2.12. The van der Waals surface area contributed by atoms with Gasteiger partial charge in [-0.2, -0.15) is 13.2 Å². The predicted octanol–water partition coefficient (Wildman–Crippen LogP) is 1.95. The zero-order valence-corrected chi connectivity index (χ0v) is 11.4. The summed E-state index contributed by atoms with van der Waals surface area (Å²) in [5, 5.41) is 5.80. The predicted molar refractivity (Wildman–Crippen MR) is 71.0 cm³/mol. The minimum atomic E-state index is -4.35. The summed E-state index contributed by atoms with van der Waals surface area (Å²) < 4.78 is 42.4. The van der Waals surface area contributed by atoms with Gasteiger partial charge in [-0.15, -0.1) is 0 Å². The second kappa shape index (κ2) is 6.80. The van der Waals surface area contributed by atoms with Crippen LogP contribution in [0.5, 0.6) is 5.75 Å². The first-order valence-electron chi connectivity index (χ1n) is 6.78. The van der Waals surface area contributed by atoms with Crippen molar-refractivity contribution in [3.63, 3.8) is 0 Å². The van der Waals surface area contributed by atoms with E-state index in [0.29, 0.717) is 12.3 Å². The van der Waals surface area contributed by atoms with E-state index in [1.807, 2.05) is 0 Å². The van der Waals surface area contributed by atoms with Gasteiger partial charge in [-0.25, -0.2) is 0 Å². The number of amides is 1. The standard InChI is InChI=1S/C14H17F3N2O2/c15-14(16,17)10-3-5-11(6-4-10)21-9-8-19-13(20)12-2-1-7-18-12/h3-6,12,18H,1-2,7-9H2,(H,19,20). The number of alkyl halides is 3. The van der Waals surface area contributed by atoms with E-state index in [4.69, 9.17) is 4.74 Å². The number of rotatable bonds is 5. The zero-order valence-electron chi connectivity index (χ0n) is 11.4. The molecule has 1 aromatic rings. The lowest BCUT2D eigenvalue weighted by molar-refractivity contribution is -0.137. The normalized spacial score (nSPS) is 18.5. The topological polar surface area (TPSA) is 50.4 Å². The van der Waals surface area contributed by atoms with Gasteiger partial charge in [-0.05, 0) is 43.7 Å². The number of carbonyl (C=O) groups excluding carboxylic acids is 1. The second-order valence-electron chi connectivity index (χ2n) is 4.81. The van der Waals surface area contributed by atoms with Gasteiger partial charge in [0.05, 0.1) is 18.2 Å². The second-order valence-corrected chi connectivity index (χ2v) is 4.81. The van der Waals surface area contributed by atoms with Crippen LogP contribution in [0.1, 0.15) is 18.4 Å². The van der Waals surface area contributed by atoms with E-state index in [9.17, 15) is 18.0 Å². The highest BCUT2D eigenvalue weighted by atomic mass is 19.4. The van der Waals surface area contributed by atoms with Crippen molar-refractivity contribution in [3.05, 3.63) is 29.8 Å². The van der Waals surface area contributed by atoms with Crippen molar-refractivity contribution in [2.75, 3.05) is 19.7 Å². The summed E-state index contributed by atoms with van der Waals surface area (Å²) in [6.07, 6.45) is -2.54. The van der Waals surface area contributed by atoms with Crippen LogP contribution in [-0.4, -0.2) is 31.6 Å². The van der Waals surface area contributed by atoms with E-state index >= 15 is 0 Å². The molecule has 1 saturated heterocycles. The Morgan fingerprint density at radius 1 is 1.33 bits per heavy atom. The van der Waals surface area contributed by atoms with Crippen LogP contribution in [0, 0.1) is 0 Å². The third-order valence-corrected chi connectivity index (χ3v) is 3.23. The SMILES string of the molecule is O=C(NCCOc1ccc(C(F)(F)F)cc1)C1CCCN1. The first kappa shape index (κ1) is 15.6. The van der Waals surface area contributed by atoms with E-state index in [1.54, 1.807) is 0 Å². The van der Waals surface area contributed by atoms with Crippen molar-refractivity contribution in [3.8, 4) is 5.75 Å². The van der Waals surface area contributed by atoms with Crippen molar-refractivity contribution in [2.45, 2.75) is 25.1 Å². The van der Waals surface area contributed by atoms with Crippen LogP contribution in [0.4, 0.5) is 13.2 Å². The fourth-order valence-corrected chi connectivity index (χ4v) is 2.11. The summed E-state index contributed by atoms with van der Waals surface area (Å²) in [5.41, 5.74) is -0.713. The van der Waals surface area contributed by atoms with Crippen molar-refractivity contribution < 1.29 is 22.7 Å². The fourth-order valence-electron chi connectivity index (χ4n) is 2.11. The Hall–Kier alpha value is -1.76. The van der Waals surface area contributed by atoms with E-state index in [-0.39, 0.29) is 18.6 Å². The number of carbonyl (C=O) groups is 1. The summed E-state index contributed by atoms with van der Waals surface area (Å²) >= 11 is 0. The van der Waals surface area contributed by atoms with Crippen molar-refractivity contribution >= 4 is 5.91 Å². The molecule has 1 aliphatic rings. The highest BCUT2D eigenvalue weighted by molar-refractivity contribution is 5.81. The minimum absolute atomic E-state index is 0.0662. The lowest BCUT2D eigenvalue weighted by atomic mass is 10.2. The molecule has 0 aromatic heterocycles. The molecule has 1 unspecified atom stereocenters. The van der Waals surface area contributed by atoms with Crippen LogP contribution in [0.2, 0.25) is 0 Å². The molecule has 1 amide bonds. The van der Waals surface area contributed by atoms with E-state index in [2.05, 4.69) is 10.6 Å². The van der Waals surface area contributed by atoms with Crippen molar-refractivity contribution in [2.24, 2.45) is 0 Å². The zero-order chi connectivity index (χ0) is 15.3. The number of benzene rings is 1. The smallest absolute Gasteiger partial charge is 0.416 e. The molecule has 116 valence electrons. The van der Waals surface area contributed by atoms with Gasteiger partial charge in [-0.3, -0.25) is 4.79 Å². The number of hydrogen-bond acceptors (Lipinski definition) is 3. The fraction of sp³-hybridized carbons (Fsp3) is 0.500. The molecule has 21 heavy (non-hydrogen) atoms. The minimum Gasteiger partial charge on any atom is -0.492 e. The summed E-state index contributed by atoms with van der Waals surface area (Å²) in [6, 6.07) is 4.33. The molecule has 1 aromatic carbocycles. The summed E-state index contributed by atoms with van der Waals surface area (Å²) in [6.45, 7) is 1.38. The average molecular weight is 302 g/mol. The molecule has 0 aliphatic carbocycles. The highest BCUT2D eigenvalue weighted by Crippen LogP contribution is 2.30. The molecule has 1 heterocycles. The molecular weight excluding hydrogens is 285 g/mol. The number of nitrogens with one attached hydrogen (secondary N) is 2. The molecule has 2 rings (SSSR count). The molecule has 2 N–H and O–H groups in total. The maximum atomic E-state index is 12.4. The van der Waals surface area contributed by atoms with Gasteiger partial charge in [0, 0.05) is 0 Å². The first-order valence-corrected chi connectivity index (χ1v) is 6.78. The Morgan fingerprint density at radius 2 is 2.05 bits per heavy atom. The van der Waals surface area contributed by atoms with E-state index in [1.165, 1.54) is 12.1 Å². The number of halogens is 3. The molecule has 4 nitrogen and oxygen atoms in total. The summed E-state index contributed by atoms with van der Waals surface area (Å²) in [5.74, 6) is 0.278. The Labute approximate surface area is 120 Å². The van der Waals surface area contributed by atoms with Crippen LogP contribution in [0.25, 0.3) is 0 Å². The maximum absolute atomic E-state index is 12.4. The van der Waals surface area contributed by atoms with E-state index < -0.39 is 11.7 Å². The summed E-state index contributed by atoms with van der Waals surface area (Å²) in [4.78, 5) is 11.7. The Kier molecular flexibility index (Phi) is 5.06. The molecule has 0 spiro atoms. The van der Waals surface area contributed by atoms with Gasteiger partial charge in [0.25, 0.3) is 0 Å². The van der Waals surface area contributed by atoms with E-state index in [0.717, 1.165) is 31.5 Å². The maximum Gasteiger partial charge on any atom is 0.416 e. The van der Waals surface area contributed by atoms with Gasteiger partial charge in [-0.1, -0.05) is 0 Å². The van der Waals surface area contributed by atoms with Crippen LogP contribution < -0.4 is 15.4 Å². The molecule has 0 bridgehead atoms. The average Bonchev–Trinajstić information content (AvgIpc) is 2.97. The molecular formula is C14H17F3N2O2. The Balaban J connectivity index is 1.70. The van der Waals surface area contributed by atoms with Gasteiger partial charge in [0.2, 0.25) is 5.91 Å². The van der Waals surface area contributed by atoms with Gasteiger partial charge in [0.15, 0.2) is 0 Å². The Morgan fingerprint density at radius 3 is 2.62 bits per heavy atom. The molecule has 0 saturated carbocycles. The molecule has 1 aliphatic heterocycles. The highest BCUT2D eigenvalue weighted by Gasteiger charge is 2.30. The third-order valence-electron chi connectivity index (χ3n) is 3.23. The molecule has 7 heteroatoms. The number of hydrogen-bond donors (Lipinski definition) is 2. The van der Waals surface area contributed by atoms with Crippen LogP contribution in [0.3, 0.4) is 0 Å². The van der Waals surface area contributed by atoms with Gasteiger partial charge < -0.3 is 15.4 Å². The van der Waals surface area contributed by atoms with Crippen LogP contribution in [-0.2, 0) is 11.0 Å². The van der Waals surface area contributed by atoms with Crippen molar-refractivity contribution in [1.82, 2.24) is 10.6 Å². The molecule has 0 radical (unpaired) electrons. The largest absolute Gasteiger partial charge is 0.492 e. The lowest BCUT2D eigenvalue weighted by Crippen LogP contribution is -2.41. The van der Waals surface area contributed by atoms with Crippen LogP contribution >= 0.6 is 0 Å². The summed E-state index contributed by atoms with van der Waals surface area (Å²) in [7, 11) is 0.